The fourth-order valence-corrected chi connectivity index (χ4v) is 9.04. The van der Waals surface area contributed by atoms with Gasteiger partial charge in [0, 0.05) is 112 Å². The normalized spacial score (nSPS) is 10.0. The van der Waals surface area contributed by atoms with Crippen LogP contribution in [0.3, 0.4) is 0 Å². The van der Waals surface area contributed by atoms with Crippen LogP contribution in [0.2, 0.25) is 0 Å². The molecule has 28 heteroatoms. The van der Waals surface area contributed by atoms with Gasteiger partial charge in [0.2, 0.25) is 0 Å². The van der Waals surface area contributed by atoms with Gasteiger partial charge in [0.15, 0.2) is 5.78 Å². The topological polar surface area (TPSA) is 297 Å². The summed E-state index contributed by atoms with van der Waals surface area (Å²) in [5, 5.41) is 8.91. The smallest absolute Gasteiger partial charge is 0.477 e. The maximum absolute atomic E-state index is 13.2. The van der Waals surface area contributed by atoms with Crippen molar-refractivity contribution >= 4 is 69.5 Å². The first-order valence-electron chi connectivity index (χ1n) is 31.2. The van der Waals surface area contributed by atoms with E-state index in [9.17, 15) is 65.5 Å². The van der Waals surface area contributed by atoms with Crippen molar-refractivity contribution in [2.24, 2.45) is 0 Å². The van der Waals surface area contributed by atoms with Crippen molar-refractivity contribution in [3.05, 3.63) is 327 Å². The third kappa shape index (κ3) is 21.6. The number of benzene rings is 4. The molecule has 0 aliphatic carbocycles. The van der Waals surface area contributed by atoms with Crippen LogP contribution >= 0.6 is 11.6 Å². The van der Waals surface area contributed by atoms with E-state index in [0.717, 1.165) is 21.2 Å². The number of hydrogen-bond donors (Lipinski definition) is 1. The largest absolute Gasteiger partial charge is 0.516 e. The SMILES string of the molecule is CCCC(=O)c1cnc2cc(C#Cc3cccc(F)c3)ccn2c1=O.CCOC(=O)Cl.CCOC(=O)OC(=O)c1cnc2cc(C#Cc3cccc(F)c3)ccn2c1=O.COC(=O)c1cnc2cc(C#Cc3cccc(F)c3)ccn2c1=O.O=C(O)c1cnc2cc(C#Cc3cccc(F)c3)ccn2c1=O. The number of pyridine rings is 4. The molecule has 8 heterocycles. The number of aromatic nitrogens is 8. The van der Waals surface area contributed by atoms with Crippen LogP contribution in [-0.4, -0.2) is 98.2 Å². The number of ketones is 1. The molecular weight excluding hydrogens is 1400 g/mol. The zero-order chi connectivity index (χ0) is 76.4. The van der Waals surface area contributed by atoms with E-state index >= 15 is 0 Å². The molecule has 0 atom stereocenters. The molecule has 0 aliphatic rings. The van der Waals surface area contributed by atoms with E-state index in [-0.39, 0.29) is 63.6 Å². The number of halogens is 5. The second kappa shape index (κ2) is 37.3. The number of nitrogens with zero attached hydrogens (tertiary/aromatic N) is 8. The molecule has 0 saturated carbocycles. The van der Waals surface area contributed by atoms with E-state index in [2.05, 4.69) is 86.2 Å². The Bertz CT molecular complexity index is 5950. The predicted octanol–water partition coefficient (Wildman–Crippen LogP) is 11.1. The maximum Gasteiger partial charge on any atom is 0.516 e. The van der Waals surface area contributed by atoms with Crippen LogP contribution in [0.1, 0.15) is 120 Å². The standard InChI is InChI=1S/C20H13FN2O5.C20H15FN2O2.C18H11FN2O3.C17H9FN2O3.C3H5ClO2/c1-2-27-20(26)28-19(25)16-12-22-17-11-14(8-9-23(17)18(16)24)7-6-13-4-3-5-15(21)10-13;1-2-4-18(24)17-13-22-19-12-15(9-10-23(19)20(17)25)8-7-14-5-3-6-16(21)11-14;1-24-18(23)15-11-20-16-10-13(7-8-21(16)17(15)22)6-5-12-3-2-4-14(19)9-12;18-13-3-1-2-11(8-13)4-5-12-6-7-20-15(9-12)19-10-14(16(20)21)17(22)23;1-2-6-3(4)5/h3-5,8-12H,2H2,1H3;3,5-6,9-13H,2,4H2,1H3;2-4,7-11H,1H3;1-3,6-10H,(H,22,23);2H2,1H3. The summed E-state index contributed by atoms with van der Waals surface area (Å²) in [6, 6.07) is 36.4. The van der Waals surface area contributed by atoms with Gasteiger partial charge in [0.05, 0.1) is 20.3 Å². The van der Waals surface area contributed by atoms with Gasteiger partial charge in [-0.15, -0.1) is 0 Å². The van der Waals surface area contributed by atoms with Crippen molar-refractivity contribution in [2.45, 2.75) is 33.6 Å². The number of aromatic carboxylic acids is 1. The molecule has 0 radical (unpaired) electrons. The number of rotatable bonds is 8. The first-order valence-corrected chi connectivity index (χ1v) is 31.6. The number of carbonyl (C=O) groups is 6. The van der Waals surface area contributed by atoms with Crippen molar-refractivity contribution in [1.29, 1.82) is 0 Å². The van der Waals surface area contributed by atoms with Gasteiger partial charge < -0.3 is 24.1 Å². The monoisotopic (exact) mass is 1450 g/mol. The molecule has 12 aromatic rings. The molecule has 530 valence electrons. The van der Waals surface area contributed by atoms with E-state index < -0.39 is 57.3 Å². The Morgan fingerprint density at radius 1 is 0.415 bits per heavy atom. The van der Waals surface area contributed by atoms with Crippen molar-refractivity contribution in [1.82, 2.24) is 37.5 Å². The van der Waals surface area contributed by atoms with Gasteiger partial charge in [0.1, 0.15) is 68.1 Å². The Labute approximate surface area is 602 Å². The van der Waals surface area contributed by atoms with Crippen LogP contribution in [0.5, 0.6) is 0 Å². The van der Waals surface area contributed by atoms with Crippen LogP contribution in [0.25, 0.3) is 22.6 Å². The van der Waals surface area contributed by atoms with Crippen molar-refractivity contribution in [3.8, 4) is 47.4 Å². The first kappa shape index (κ1) is 77.3. The lowest BCUT2D eigenvalue weighted by Crippen LogP contribution is -2.26. The number of Topliss-reactive ketones (excluding diaryl/α,β-unsaturated/α-hetero) is 1. The minimum atomic E-state index is -1.33. The second-order valence-corrected chi connectivity index (χ2v) is 21.5. The summed E-state index contributed by atoms with van der Waals surface area (Å²) in [5.41, 5.74) is 1.90. The summed E-state index contributed by atoms with van der Waals surface area (Å²) in [7, 11) is 1.20. The van der Waals surface area contributed by atoms with Gasteiger partial charge in [-0.2, -0.15) is 0 Å². The van der Waals surface area contributed by atoms with Crippen LogP contribution in [-0.2, 0) is 18.9 Å². The number of hydrogen-bond acceptors (Lipinski definition) is 18. The summed E-state index contributed by atoms with van der Waals surface area (Å²) in [5.74, 6) is 18.0. The van der Waals surface area contributed by atoms with E-state index in [0.29, 0.717) is 75.3 Å². The number of carboxylic acid groups (broad SMARTS) is 1. The molecule has 0 saturated heterocycles. The van der Waals surface area contributed by atoms with Gasteiger partial charge in [-0.3, -0.25) is 41.6 Å². The highest BCUT2D eigenvalue weighted by Crippen LogP contribution is 2.12. The molecule has 12 rings (SSSR count). The van der Waals surface area contributed by atoms with Crippen molar-refractivity contribution < 1.29 is 70.4 Å². The van der Waals surface area contributed by atoms with Gasteiger partial charge in [-0.25, -0.2) is 61.5 Å². The van der Waals surface area contributed by atoms with Crippen LogP contribution in [0, 0.1) is 70.6 Å². The molecule has 0 bridgehead atoms. The van der Waals surface area contributed by atoms with Crippen molar-refractivity contribution in [3.63, 3.8) is 0 Å². The molecular formula is C78H53ClF4N8O15. The fraction of sp³-hybridized carbons (Fsp3) is 0.103. The molecule has 0 aliphatic heterocycles. The molecule has 0 fully saturated rings. The number of ether oxygens (including phenoxy) is 4. The highest BCUT2D eigenvalue weighted by atomic mass is 35.5. The lowest BCUT2D eigenvalue weighted by molar-refractivity contribution is 0.0397. The summed E-state index contributed by atoms with van der Waals surface area (Å²) >= 11 is 4.72. The molecule has 8 aromatic heterocycles. The van der Waals surface area contributed by atoms with Gasteiger partial charge >= 0.3 is 29.5 Å². The molecule has 0 amide bonds. The predicted molar refractivity (Wildman–Crippen MR) is 378 cm³/mol. The number of methoxy groups -OCH3 is 1. The molecule has 0 unspecified atom stereocenters. The lowest BCUT2D eigenvalue weighted by Gasteiger charge is -2.04. The molecule has 0 spiro atoms. The van der Waals surface area contributed by atoms with Crippen molar-refractivity contribution in [2.75, 3.05) is 20.3 Å². The van der Waals surface area contributed by atoms with Gasteiger partial charge in [-0.05, 0) is 142 Å². The molecule has 4 aromatic carbocycles. The fourth-order valence-electron chi connectivity index (χ4n) is 8.93. The average molecular weight is 1450 g/mol. The summed E-state index contributed by atoms with van der Waals surface area (Å²) in [4.78, 5) is 132. The van der Waals surface area contributed by atoms with E-state index in [4.69, 9.17) is 16.7 Å². The number of carbonyl (C=O) groups excluding carboxylic acids is 5. The summed E-state index contributed by atoms with van der Waals surface area (Å²) in [6.45, 7) is 5.50. The number of fused-ring (bicyclic) bond motifs is 4. The third-order valence-electron chi connectivity index (χ3n) is 13.9. The molecule has 23 nitrogen and oxygen atoms in total. The van der Waals surface area contributed by atoms with Crippen LogP contribution in [0.4, 0.5) is 27.2 Å². The van der Waals surface area contributed by atoms with Crippen LogP contribution in [0.15, 0.2) is 214 Å². The quantitative estimate of drug-likeness (QED) is 0.0281. The van der Waals surface area contributed by atoms with E-state index in [1.165, 1.54) is 101 Å². The van der Waals surface area contributed by atoms with Gasteiger partial charge in [-0.1, -0.05) is 78.6 Å². The van der Waals surface area contributed by atoms with E-state index in [1.807, 2.05) is 6.92 Å². The number of carboxylic acids is 1. The summed E-state index contributed by atoms with van der Waals surface area (Å²) in [6.07, 6.45) is 10.2. The maximum atomic E-state index is 13.2. The summed E-state index contributed by atoms with van der Waals surface area (Å²) < 4.78 is 75.0. The molecule has 106 heavy (non-hydrogen) atoms. The van der Waals surface area contributed by atoms with Crippen LogP contribution < -0.4 is 22.2 Å². The lowest BCUT2D eigenvalue weighted by atomic mass is 10.1. The zero-order valence-electron chi connectivity index (χ0n) is 55.9. The highest BCUT2D eigenvalue weighted by molar-refractivity contribution is 6.61. The Balaban J connectivity index is 0.000000174. The Kier molecular flexibility index (Phi) is 27.2. The Hall–Kier alpha value is -14.4. The third-order valence-corrected chi connectivity index (χ3v) is 14.0. The van der Waals surface area contributed by atoms with Gasteiger partial charge in [0.25, 0.3) is 22.2 Å². The zero-order valence-corrected chi connectivity index (χ0v) is 56.7. The minimum absolute atomic E-state index is 0.0283. The average Bonchev–Trinajstić information content (AvgIpc) is 0.761. The highest BCUT2D eigenvalue weighted by Gasteiger charge is 2.20. The Morgan fingerprint density at radius 3 is 0.991 bits per heavy atom. The number of esters is 2. The second-order valence-electron chi connectivity index (χ2n) is 21.2. The minimum Gasteiger partial charge on any atom is -0.477 e. The van der Waals surface area contributed by atoms with E-state index in [1.54, 1.807) is 111 Å². The molecule has 1 N–H and O–H groups in total. The first-order chi connectivity index (χ1) is 50.9. The Morgan fingerprint density at radius 2 is 0.708 bits per heavy atom.